The van der Waals surface area contributed by atoms with Gasteiger partial charge in [-0.1, -0.05) is 56.3 Å². The van der Waals surface area contributed by atoms with Crippen LogP contribution in [0.15, 0.2) is 36.4 Å². The van der Waals surface area contributed by atoms with Crippen molar-refractivity contribution in [2.24, 2.45) is 17.8 Å². The summed E-state index contributed by atoms with van der Waals surface area (Å²) >= 11 is 0. The first-order chi connectivity index (χ1) is 17.1. The average Bonchev–Trinajstić information content (AvgIpc) is 2.84. The molecule has 0 spiro atoms. The van der Waals surface area contributed by atoms with Crippen LogP contribution in [-0.2, 0) is 29.2 Å². The lowest BCUT2D eigenvalue weighted by Crippen LogP contribution is -2.51. The van der Waals surface area contributed by atoms with Crippen LogP contribution in [0, 0.1) is 17.8 Å². The predicted molar refractivity (Wildman–Crippen MR) is 136 cm³/mol. The van der Waals surface area contributed by atoms with Gasteiger partial charge in [0.2, 0.25) is 21.8 Å². The fourth-order valence-corrected chi connectivity index (χ4v) is 4.60. The number of hydroxylamine groups is 1. The Morgan fingerprint density at radius 1 is 1.19 bits per heavy atom. The second-order valence-corrected chi connectivity index (χ2v) is 11.2. The molecule has 1 heterocycles. The number of nitrogens with one attached hydrogen (secondary N) is 2. The van der Waals surface area contributed by atoms with E-state index >= 15 is 0 Å². The molecule has 1 aromatic carbocycles. The normalized spacial score (nSPS) is 18.3. The van der Waals surface area contributed by atoms with Crippen LogP contribution >= 0.6 is 0 Å². The molecule has 1 aliphatic heterocycles. The summed E-state index contributed by atoms with van der Waals surface area (Å²) in [5.74, 6) is -2.77. The first kappa shape index (κ1) is 29.9. The molecule has 1 saturated heterocycles. The molecular weight excluding hydrogens is 486 g/mol. The molecule has 3 N–H and O–H groups in total. The molecule has 3 atom stereocenters. The van der Waals surface area contributed by atoms with Crippen LogP contribution in [0.2, 0.25) is 0 Å². The second kappa shape index (κ2) is 15.1. The lowest BCUT2D eigenvalue weighted by molar-refractivity contribution is -0.203. The SMILES string of the molecule is CC(C)CC(C(=O)NN(CCO)S(C)(=O)=O)[C@@H](CC=Cc1ccccc1)C(=O)NO[C@H]1CCCCO1. The Kier molecular flexibility index (Phi) is 12.5. The number of benzene rings is 1. The summed E-state index contributed by atoms with van der Waals surface area (Å²) in [6, 6.07) is 9.55. The van der Waals surface area contributed by atoms with Crippen molar-refractivity contribution in [3.05, 3.63) is 42.0 Å². The maximum Gasteiger partial charge on any atom is 0.247 e. The summed E-state index contributed by atoms with van der Waals surface area (Å²) in [4.78, 5) is 32.1. The number of allylic oxidation sites excluding steroid dienone is 1. The number of sulfonamides is 1. The maximum atomic E-state index is 13.3. The Hall–Kier alpha value is -2.31. The molecule has 11 heteroatoms. The summed E-state index contributed by atoms with van der Waals surface area (Å²) in [6.07, 6.45) is 7.13. The number of nitrogens with zero attached hydrogens (tertiary/aromatic N) is 1. The number of carbonyl (C=O) groups excluding carboxylic acids is 2. The maximum absolute atomic E-state index is 13.3. The van der Waals surface area contributed by atoms with Gasteiger partial charge >= 0.3 is 0 Å². The number of hydrazine groups is 1. The molecule has 1 fully saturated rings. The highest BCUT2D eigenvalue weighted by atomic mass is 32.2. The highest BCUT2D eigenvalue weighted by Crippen LogP contribution is 2.26. The quantitative estimate of drug-likeness (QED) is 0.317. The van der Waals surface area contributed by atoms with Crippen molar-refractivity contribution in [2.75, 3.05) is 26.0 Å². The summed E-state index contributed by atoms with van der Waals surface area (Å²) < 4.78 is 30.4. The van der Waals surface area contributed by atoms with Gasteiger partial charge in [0.05, 0.1) is 31.2 Å². The topological polar surface area (TPSA) is 134 Å². The molecule has 0 radical (unpaired) electrons. The zero-order valence-electron chi connectivity index (χ0n) is 21.3. The van der Waals surface area contributed by atoms with Crippen molar-refractivity contribution in [1.82, 2.24) is 15.3 Å². The van der Waals surface area contributed by atoms with Crippen LogP contribution in [0.25, 0.3) is 6.08 Å². The summed E-state index contributed by atoms with van der Waals surface area (Å²) in [7, 11) is -3.82. The minimum absolute atomic E-state index is 0.0428. The van der Waals surface area contributed by atoms with Gasteiger partial charge in [0.1, 0.15) is 0 Å². The van der Waals surface area contributed by atoms with Gasteiger partial charge in [0.15, 0.2) is 6.29 Å². The minimum Gasteiger partial charge on any atom is -0.395 e. The summed E-state index contributed by atoms with van der Waals surface area (Å²) in [5.41, 5.74) is 5.80. The lowest BCUT2D eigenvalue weighted by atomic mass is 9.82. The fraction of sp³-hybridized carbons (Fsp3) is 0.600. The fourth-order valence-electron chi connectivity index (χ4n) is 3.94. The molecule has 202 valence electrons. The lowest BCUT2D eigenvalue weighted by Gasteiger charge is -2.29. The van der Waals surface area contributed by atoms with Crippen LogP contribution in [0.1, 0.15) is 51.5 Å². The van der Waals surface area contributed by atoms with E-state index in [1.807, 2.05) is 56.3 Å². The van der Waals surface area contributed by atoms with Crippen LogP contribution < -0.4 is 10.9 Å². The highest BCUT2D eigenvalue weighted by molar-refractivity contribution is 7.88. The van der Waals surface area contributed by atoms with Gasteiger partial charge in [0.25, 0.3) is 0 Å². The largest absolute Gasteiger partial charge is 0.395 e. The van der Waals surface area contributed by atoms with E-state index in [0.29, 0.717) is 23.9 Å². The van der Waals surface area contributed by atoms with E-state index in [-0.39, 0.29) is 18.9 Å². The van der Waals surface area contributed by atoms with E-state index in [1.165, 1.54) is 0 Å². The van der Waals surface area contributed by atoms with Gasteiger partial charge in [-0.2, -0.15) is 0 Å². The van der Waals surface area contributed by atoms with Gasteiger partial charge in [0, 0.05) is 13.0 Å². The first-order valence-electron chi connectivity index (χ1n) is 12.3. The van der Waals surface area contributed by atoms with Crippen LogP contribution in [0.4, 0.5) is 0 Å². The summed E-state index contributed by atoms with van der Waals surface area (Å²) in [6.45, 7) is 3.62. The number of hydrogen-bond acceptors (Lipinski definition) is 7. The number of carbonyl (C=O) groups is 2. The van der Waals surface area contributed by atoms with E-state index in [9.17, 15) is 23.1 Å². The van der Waals surface area contributed by atoms with Crippen molar-refractivity contribution in [1.29, 1.82) is 0 Å². The van der Waals surface area contributed by atoms with E-state index < -0.39 is 46.6 Å². The Labute approximate surface area is 214 Å². The third-order valence-electron chi connectivity index (χ3n) is 5.75. The number of amides is 2. The van der Waals surface area contributed by atoms with Crippen LogP contribution in [0.3, 0.4) is 0 Å². The second-order valence-electron chi connectivity index (χ2n) is 9.31. The van der Waals surface area contributed by atoms with Gasteiger partial charge in [-0.15, -0.1) is 4.41 Å². The first-order valence-corrected chi connectivity index (χ1v) is 14.1. The van der Waals surface area contributed by atoms with Gasteiger partial charge < -0.3 is 9.84 Å². The van der Waals surface area contributed by atoms with E-state index in [2.05, 4.69) is 10.9 Å². The Balaban J connectivity index is 2.26. The molecule has 2 amide bonds. The van der Waals surface area contributed by atoms with Crippen molar-refractivity contribution in [3.63, 3.8) is 0 Å². The zero-order valence-corrected chi connectivity index (χ0v) is 22.1. The molecule has 0 aliphatic carbocycles. The third-order valence-corrected chi connectivity index (χ3v) is 6.83. The van der Waals surface area contributed by atoms with Crippen molar-refractivity contribution in [2.45, 2.75) is 52.2 Å². The number of hydrogen-bond donors (Lipinski definition) is 3. The predicted octanol–water partition coefficient (Wildman–Crippen LogP) is 2.23. The van der Waals surface area contributed by atoms with Gasteiger partial charge in [-0.05, 0) is 37.2 Å². The van der Waals surface area contributed by atoms with Gasteiger partial charge in [-0.3, -0.25) is 15.0 Å². The van der Waals surface area contributed by atoms with Gasteiger partial charge in [-0.25, -0.2) is 18.7 Å². The number of rotatable bonds is 14. The Bertz CT molecular complexity index is 948. The molecule has 0 aromatic heterocycles. The van der Waals surface area contributed by atoms with Crippen molar-refractivity contribution < 1.29 is 32.7 Å². The third kappa shape index (κ3) is 10.4. The molecule has 2 rings (SSSR count). The van der Waals surface area contributed by atoms with Crippen molar-refractivity contribution >= 4 is 27.9 Å². The standard InChI is InChI=1S/C25H39N3O7S/c1-19(2)18-22(24(30)26-28(15-16-29)36(3,32)33)21(13-9-12-20-10-5-4-6-11-20)25(31)27-35-23-14-7-8-17-34-23/h4-6,9-12,19,21-23,29H,7-8,13-18H2,1-3H3,(H,26,30)(H,27,31)/t21-,22?,23+/m1/s1. The van der Waals surface area contributed by atoms with E-state index in [4.69, 9.17) is 9.57 Å². The zero-order chi connectivity index (χ0) is 26.6. The minimum atomic E-state index is -3.82. The molecular formula is C25H39N3O7S. The van der Waals surface area contributed by atoms with Crippen molar-refractivity contribution in [3.8, 4) is 0 Å². The Morgan fingerprint density at radius 3 is 2.50 bits per heavy atom. The van der Waals surface area contributed by atoms with Crippen LogP contribution in [0.5, 0.6) is 0 Å². The number of aliphatic hydroxyl groups is 1. The molecule has 1 aromatic rings. The molecule has 36 heavy (non-hydrogen) atoms. The molecule has 0 bridgehead atoms. The molecule has 1 unspecified atom stereocenters. The molecule has 0 saturated carbocycles. The average molecular weight is 526 g/mol. The number of aliphatic hydroxyl groups excluding tert-OH is 1. The van der Waals surface area contributed by atoms with Crippen LogP contribution in [-0.4, -0.2) is 62.1 Å². The molecule has 10 nitrogen and oxygen atoms in total. The van der Waals surface area contributed by atoms with E-state index in [1.54, 1.807) is 0 Å². The highest BCUT2D eigenvalue weighted by Gasteiger charge is 2.36. The molecule has 1 aliphatic rings. The summed E-state index contributed by atoms with van der Waals surface area (Å²) in [5, 5.41) is 9.25. The monoisotopic (exact) mass is 525 g/mol. The Morgan fingerprint density at radius 2 is 1.92 bits per heavy atom. The smallest absolute Gasteiger partial charge is 0.247 e. The van der Waals surface area contributed by atoms with E-state index in [0.717, 1.165) is 24.7 Å². The number of ether oxygens (including phenoxy) is 1.